The number of rotatable bonds is 6. The van der Waals surface area contributed by atoms with E-state index in [4.69, 9.17) is 10.5 Å². The Morgan fingerprint density at radius 3 is 2.75 bits per heavy atom. The summed E-state index contributed by atoms with van der Waals surface area (Å²) in [5.74, 6) is 0.408. The van der Waals surface area contributed by atoms with E-state index in [1.165, 1.54) is 0 Å². The monoisotopic (exact) mass is 346 g/mol. The number of hydrogen-bond acceptors (Lipinski definition) is 4. The fourth-order valence-electron chi connectivity index (χ4n) is 2.14. The first-order valence-electron chi connectivity index (χ1n) is 7.99. The number of methoxy groups -OCH3 is 1. The van der Waals surface area contributed by atoms with Crippen molar-refractivity contribution in [1.82, 2.24) is 4.98 Å². The van der Waals surface area contributed by atoms with Gasteiger partial charge in [0.2, 0.25) is 0 Å². The summed E-state index contributed by atoms with van der Waals surface area (Å²) in [7, 11) is 1.67. The molecule has 0 fully saturated rings. The van der Waals surface area contributed by atoms with Crippen molar-refractivity contribution < 1.29 is 4.74 Å². The van der Waals surface area contributed by atoms with Crippen molar-refractivity contribution in [2.24, 2.45) is 10.7 Å². The van der Waals surface area contributed by atoms with Gasteiger partial charge in [0.05, 0.1) is 17.3 Å². The maximum absolute atomic E-state index is 5.99. The van der Waals surface area contributed by atoms with Crippen molar-refractivity contribution >= 4 is 23.0 Å². The quantitative estimate of drug-likeness (QED) is 0.620. The molecule has 1 aromatic carbocycles. The lowest BCUT2D eigenvalue weighted by Gasteiger charge is -2.14. The Labute approximate surface area is 148 Å². The maximum atomic E-state index is 5.99. The molecule has 0 aliphatic carbocycles. The van der Waals surface area contributed by atoms with Gasteiger partial charge in [-0.25, -0.2) is 4.98 Å². The Hall–Kier alpha value is -1.92. The van der Waals surface area contributed by atoms with E-state index >= 15 is 0 Å². The van der Waals surface area contributed by atoms with Gasteiger partial charge in [0, 0.05) is 42.1 Å². The van der Waals surface area contributed by atoms with Gasteiger partial charge in [-0.1, -0.05) is 39.0 Å². The molecule has 0 atom stereocenters. The van der Waals surface area contributed by atoms with Crippen LogP contribution < -0.4 is 11.1 Å². The summed E-state index contributed by atoms with van der Waals surface area (Å²) in [6.45, 7) is 7.66. The van der Waals surface area contributed by atoms with Gasteiger partial charge in [-0.05, 0) is 6.07 Å². The molecule has 130 valence electrons. The molecular weight excluding hydrogens is 320 g/mol. The van der Waals surface area contributed by atoms with E-state index in [2.05, 4.69) is 41.4 Å². The van der Waals surface area contributed by atoms with Crippen LogP contribution in [-0.2, 0) is 23.2 Å². The third-order valence-corrected chi connectivity index (χ3v) is 4.42. The van der Waals surface area contributed by atoms with Crippen molar-refractivity contribution in [1.29, 1.82) is 0 Å². The number of hydrogen-bond donors (Lipinski definition) is 2. The topological polar surface area (TPSA) is 72.5 Å². The highest BCUT2D eigenvalue weighted by Gasteiger charge is 2.17. The predicted octanol–water partition coefficient (Wildman–Crippen LogP) is 3.56. The summed E-state index contributed by atoms with van der Waals surface area (Å²) in [5, 5.41) is 6.36. The number of guanidine groups is 1. The second-order valence-corrected chi connectivity index (χ2v) is 7.55. The Kier molecular flexibility index (Phi) is 6.34. The average Bonchev–Trinajstić information content (AvgIpc) is 2.98. The van der Waals surface area contributed by atoms with Gasteiger partial charge >= 0.3 is 0 Å². The minimum Gasteiger partial charge on any atom is -0.380 e. The van der Waals surface area contributed by atoms with E-state index in [-0.39, 0.29) is 5.41 Å². The zero-order chi connectivity index (χ0) is 17.6. The molecule has 24 heavy (non-hydrogen) atoms. The van der Waals surface area contributed by atoms with Gasteiger partial charge in [0.1, 0.15) is 0 Å². The first kappa shape index (κ1) is 18.4. The maximum Gasteiger partial charge on any atom is 0.193 e. The molecule has 0 spiro atoms. The molecule has 0 unspecified atom stereocenters. The molecule has 6 heteroatoms. The van der Waals surface area contributed by atoms with Gasteiger partial charge in [-0.3, -0.25) is 4.99 Å². The second-order valence-electron chi connectivity index (χ2n) is 6.61. The van der Waals surface area contributed by atoms with E-state index in [1.807, 2.05) is 24.3 Å². The van der Waals surface area contributed by atoms with Crippen molar-refractivity contribution in [3.05, 3.63) is 45.9 Å². The van der Waals surface area contributed by atoms with Gasteiger partial charge in [0.25, 0.3) is 0 Å². The summed E-state index contributed by atoms with van der Waals surface area (Å²) in [5.41, 5.74) is 9.18. The van der Waals surface area contributed by atoms with Crippen LogP contribution in [0.4, 0.5) is 5.69 Å². The van der Waals surface area contributed by atoms with Crippen molar-refractivity contribution in [3.8, 4) is 0 Å². The third-order valence-electron chi connectivity index (χ3n) is 3.51. The second kappa shape index (κ2) is 8.26. The van der Waals surface area contributed by atoms with Crippen molar-refractivity contribution in [2.45, 2.75) is 39.2 Å². The molecule has 0 saturated carbocycles. The fourth-order valence-corrected chi connectivity index (χ4v) is 3.16. The SMILES string of the molecule is COCc1ccccc1NC(N)=NCCc1nc(C(C)(C)C)cs1. The standard InChI is InChI=1S/C18H26N4OS/c1-18(2,3)15-12-24-16(22-15)9-10-20-17(19)21-14-8-6-5-7-13(14)11-23-4/h5-8,12H,9-11H2,1-4H3,(H3,19,20,21). The van der Waals surface area contributed by atoms with Crippen molar-refractivity contribution in [2.75, 3.05) is 19.0 Å². The molecular formula is C18H26N4OS. The number of anilines is 1. The molecule has 1 aromatic heterocycles. The van der Waals surface area contributed by atoms with Crippen LogP contribution in [0.1, 0.15) is 37.0 Å². The molecule has 0 radical (unpaired) electrons. The van der Waals surface area contributed by atoms with Gasteiger partial charge in [-0.15, -0.1) is 11.3 Å². The lowest BCUT2D eigenvalue weighted by atomic mass is 9.93. The summed E-state index contributed by atoms with van der Waals surface area (Å²) in [6, 6.07) is 7.90. The van der Waals surface area contributed by atoms with Crippen LogP contribution in [0.5, 0.6) is 0 Å². The Morgan fingerprint density at radius 1 is 1.33 bits per heavy atom. The first-order chi connectivity index (χ1) is 11.4. The number of ether oxygens (including phenoxy) is 1. The fraction of sp³-hybridized carbons (Fsp3) is 0.444. The molecule has 0 amide bonds. The van der Waals surface area contributed by atoms with Crippen LogP contribution in [0, 0.1) is 0 Å². The normalized spacial score (nSPS) is 12.4. The number of nitrogens with two attached hydrogens (primary N) is 1. The average molecular weight is 347 g/mol. The minimum atomic E-state index is 0.0870. The Bertz CT molecular complexity index is 688. The van der Waals surface area contributed by atoms with E-state index in [1.54, 1.807) is 18.4 Å². The molecule has 0 aliphatic rings. The van der Waals surface area contributed by atoms with Crippen LogP contribution in [0.15, 0.2) is 34.6 Å². The van der Waals surface area contributed by atoms with Crippen LogP contribution in [0.25, 0.3) is 0 Å². The molecule has 2 aromatic rings. The first-order valence-corrected chi connectivity index (χ1v) is 8.87. The van der Waals surface area contributed by atoms with Gasteiger partial charge in [-0.2, -0.15) is 0 Å². The molecule has 0 aliphatic heterocycles. The summed E-state index contributed by atoms with van der Waals surface area (Å²) < 4.78 is 5.19. The third kappa shape index (κ3) is 5.32. The Morgan fingerprint density at radius 2 is 2.08 bits per heavy atom. The lowest BCUT2D eigenvalue weighted by molar-refractivity contribution is 0.185. The predicted molar refractivity (Wildman–Crippen MR) is 102 cm³/mol. The van der Waals surface area contributed by atoms with Crippen LogP contribution in [-0.4, -0.2) is 24.6 Å². The summed E-state index contributed by atoms with van der Waals surface area (Å²) >= 11 is 1.68. The number of benzene rings is 1. The molecule has 3 N–H and O–H groups in total. The molecule has 2 rings (SSSR count). The number of aromatic nitrogens is 1. The molecule has 1 heterocycles. The Balaban J connectivity index is 1.92. The zero-order valence-electron chi connectivity index (χ0n) is 14.8. The number of thiazole rings is 1. The van der Waals surface area contributed by atoms with Gasteiger partial charge < -0.3 is 15.8 Å². The van der Waals surface area contributed by atoms with Crippen LogP contribution in [0.3, 0.4) is 0 Å². The van der Waals surface area contributed by atoms with E-state index in [0.29, 0.717) is 19.1 Å². The highest BCUT2D eigenvalue weighted by Crippen LogP contribution is 2.24. The van der Waals surface area contributed by atoms with Crippen molar-refractivity contribution in [3.63, 3.8) is 0 Å². The minimum absolute atomic E-state index is 0.0870. The summed E-state index contributed by atoms with van der Waals surface area (Å²) in [4.78, 5) is 9.07. The summed E-state index contributed by atoms with van der Waals surface area (Å²) in [6.07, 6.45) is 0.794. The zero-order valence-corrected chi connectivity index (χ0v) is 15.6. The molecule has 0 saturated heterocycles. The van der Waals surface area contributed by atoms with Crippen LogP contribution >= 0.6 is 11.3 Å². The smallest absolute Gasteiger partial charge is 0.193 e. The highest BCUT2D eigenvalue weighted by molar-refractivity contribution is 7.09. The largest absolute Gasteiger partial charge is 0.380 e. The molecule has 0 bridgehead atoms. The highest BCUT2D eigenvalue weighted by atomic mass is 32.1. The molecule has 5 nitrogen and oxygen atoms in total. The number of para-hydroxylation sites is 1. The number of aliphatic imine (C=N–C) groups is 1. The van der Waals surface area contributed by atoms with E-state index in [0.717, 1.165) is 28.4 Å². The number of nitrogens with one attached hydrogen (secondary N) is 1. The van der Waals surface area contributed by atoms with E-state index < -0.39 is 0 Å². The lowest BCUT2D eigenvalue weighted by Crippen LogP contribution is -2.23. The van der Waals surface area contributed by atoms with Gasteiger partial charge in [0.15, 0.2) is 5.96 Å². The van der Waals surface area contributed by atoms with E-state index in [9.17, 15) is 0 Å². The number of nitrogens with zero attached hydrogens (tertiary/aromatic N) is 2. The van der Waals surface area contributed by atoms with Crippen LogP contribution in [0.2, 0.25) is 0 Å².